The van der Waals surface area contributed by atoms with Crippen LogP contribution in [0.25, 0.3) is 112 Å². The van der Waals surface area contributed by atoms with Gasteiger partial charge >= 0.3 is 0 Å². The predicted molar refractivity (Wildman–Crippen MR) is 249 cm³/mol. The fourth-order valence-corrected chi connectivity index (χ4v) is 8.90. The summed E-state index contributed by atoms with van der Waals surface area (Å²) in [7, 11) is 0. The minimum absolute atomic E-state index is 0.204. The Morgan fingerprint density at radius 2 is 0.667 bits per heavy atom. The Kier molecular flexibility index (Phi) is 8.95. The second kappa shape index (κ2) is 15.4. The van der Waals surface area contributed by atoms with Crippen LogP contribution >= 0.6 is 0 Å². The number of halogens is 2. The van der Waals surface area contributed by atoms with Crippen molar-refractivity contribution in [1.82, 2.24) is 49.0 Å². The molecule has 310 valence electrons. The Hall–Kier alpha value is -9.41. The monoisotopic (exact) mass is 857 g/mol. The van der Waals surface area contributed by atoms with Gasteiger partial charge in [-0.1, -0.05) is 54.6 Å². The molecule has 0 aliphatic rings. The van der Waals surface area contributed by atoms with E-state index in [9.17, 15) is 5.26 Å². The van der Waals surface area contributed by atoms with E-state index in [1.165, 1.54) is 18.2 Å². The third-order valence-electron chi connectivity index (χ3n) is 11.8. The lowest BCUT2D eigenvalue weighted by atomic mass is 9.99. The van der Waals surface area contributed by atoms with Gasteiger partial charge in [-0.2, -0.15) is 5.26 Å². The molecule has 0 saturated heterocycles. The number of rotatable bonds is 7. The fraction of sp³-hybridized carbons (Fsp3) is 0. The average Bonchev–Trinajstić information content (AvgIpc) is 3.88. The van der Waals surface area contributed by atoms with E-state index in [1.807, 2.05) is 81.9 Å². The number of benzene rings is 6. The average molecular weight is 858 g/mol. The van der Waals surface area contributed by atoms with E-state index in [0.29, 0.717) is 56.7 Å². The Bertz CT molecular complexity index is 3470. The number of fused-ring (bicyclic) bond motifs is 6. The van der Waals surface area contributed by atoms with Gasteiger partial charge in [-0.05, 0) is 78.4 Å². The van der Waals surface area contributed by atoms with Crippen molar-refractivity contribution in [1.29, 1.82) is 5.26 Å². The van der Waals surface area contributed by atoms with Gasteiger partial charge in [-0.25, -0.2) is 48.7 Å². The number of aromatic nitrogens is 10. The Labute approximate surface area is 373 Å². The zero-order valence-corrected chi connectivity index (χ0v) is 34.4. The van der Waals surface area contributed by atoms with Gasteiger partial charge in [0.25, 0.3) is 0 Å². The summed E-state index contributed by atoms with van der Waals surface area (Å²) in [6.45, 7) is 0. The molecule has 0 saturated carbocycles. The summed E-state index contributed by atoms with van der Waals surface area (Å²) >= 11 is 0. The lowest BCUT2D eigenvalue weighted by molar-refractivity contribution is 0.589. The number of nitriles is 1. The van der Waals surface area contributed by atoms with E-state index >= 15 is 8.78 Å². The minimum Gasteiger partial charge on any atom is -0.308 e. The summed E-state index contributed by atoms with van der Waals surface area (Å²) in [6.07, 6.45) is 13.4. The van der Waals surface area contributed by atoms with Crippen molar-refractivity contribution in [2.24, 2.45) is 0 Å². The maximum Gasteiger partial charge on any atom is 0.159 e. The molecule has 6 aromatic heterocycles. The topological polar surface area (TPSA) is 137 Å². The maximum absolute atomic E-state index is 16.3. The summed E-state index contributed by atoms with van der Waals surface area (Å²) < 4.78 is 36.5. The van der Waals surface area contributed by atoms with Crippen LogP contribution in [-0.2, 0) is 0 Å². The molecule has 66 heavy (non-hydrogen) atoms. The highest BCUT2D eigenvalue weighted by Crippen LogP contribution is 2.43. The number of nitrogens with zero attached hydrogens (tertiary/aromatic N) is 11. The lowest BCUT2D eigenvalue weighted by Gasteiger charge is -2.19. The molecule has 0 N–H and O–H groups in total. The summed E-state index contributed by atoms with van der Waals surface area (Å²) in [5, 5.41) is 15.1. The van der Waals surface area contributed by atoms with Gasteiger partial charge in [-0.3, -0.25) is 0 Å². The van der Waals surface area contributed by atoms with Crippen molar-refractivity contribution in [3.63, 3.8) is 0 Å². The fourth-order valence-electron chi connectivity index (χ4n) is 8.90. The molecule has 0 radical (unpaired) electrons. The maximum atomic E-state index is 16.3. The zero-order chi connectivity index (χ0) is 44.3. The third-order valence-corrected chi connectivity index (χ3v) is 11.8. The van der Waals surface area contributed by atoms with Crippen LogP contribution in [-0.4, -0.2) is 49.0 Å². The quantitative estimate of drug-likeness (QED) is 0.153. The van der Waals surface area contributed by atoms with Crippen molar-refractivity contribution < 1.29 is 8.78 Å². The lowest BCUT2D eigenvalue weighted by Crippen LogP contribution is -2.06. The molecule has 0 aliphatic heterocycles. The van der Waals surface area contributed by atoms with E-state index in [2.05, 4.69) is 45.9 Å². The smallest absolute Gasteiger partial charge is 0.159 e. The van der Waals surface area contributed by atoms with Crippen molar-refractivity contribution in [3.05, 3.63) is 194 Å². The Morgan fingerprint density at radius 1 is 0.364 bits per heavy atom. The second-order valence-electron chi connectivity index (χ2n) is 15.5. The summed E-state index contributed by atoms with van der Waals surface area (Å²) in [5.41, 5.74) is 6.60. The molecule has 0 atom stereocenters. The van der Waals surface area contributed by atoms with Gasteiger partial charge in [0.05, 0.1) is 39.0 Å². The molecule has 0 unspecified atom stereocenters. The highest BCUT2D eigenvalue weighted by molar-refractivity contribution is 6.13. The van der Waals surface area contributed by atoms with Gasteiger partial charge in [0, 0.05) is 93.4 Å². The number of hydrogen-bond acceptors (Lipinski definition) is 9. The first-order valence-electron chi connectivity index (χ1n) is 20.8. The van der Waals surface area contributed by atoms with E-state index in [1.54, 1.807) is 86.0 Å². The van der Waals surface area contributed by atoms with Crippen LogP contribution in [0, 0.1) is 23.0 Å². The van der Waals surface area contributed by atoms with Crippen LogP contribution < -0.4 is 0 Å². The standard InChI is InChI=1S/C53H29F2N11/c54-41-6-1-7-42(55)49(41)35-28-47(65-43-24-31(50-57-16-2-17-58-50)8-12-36(43)37-13-9-32(25-44(37)65)51-59-18-3-19-60-51)40(30-56)48(29-35)66-45-26-33(52-61-20-4-21-62-52)10-14-38(45)39-15-11-34(27-46(39)66)53-63-22-5-23-64-53/h1-29H. The molecule has 13 heteroatoms. The highest BCUT2D eigenvalue weighted by Gasteiger charge is 2.26. The van der Waals surface area contributed by atoms with Crippen molar-refractivity contribution in [2.75, 3.05) is 0 Å². The van der Waals surface area contributed by atoms with Gasteiger partial charge < -0.3 is 9.13 Å². The van der Waals surface area contributed by atoms with E-state index in [-0.39, 0.29) is 16.7 Å². The Balaban J connectivity index is 1.25. The Morgan fingerprint density at radius 3 is 0.955 bits per heavy atom. The van der Waals surface area contributed by atoms with E-state index < -0.39 is 11.6 Å². The van der Waals surface area contributed by atoms with Crippen LogP contribution in [0.15, 0.2) is 177 Å². The first-order chi connectivity index (χ1) is 32.5. The first-order valence-corrected chi connectivity index (χ1v) is 20.8. The molecule has 11 nitrogen and oxygen atoms in total. The molecular weight excluding hydrogens is 829 g/mol. The summed E-state index contributed by atoms with van der Waals surface area (Å²) in [6, 6.07) is 40.4. The third kappa shape index (κ3) is 6.23. The van der Waals surface area contributed by atoms with Gasteiger partial charge in [-0.15, -0.1) is 0 Å². The zero-order valence-electron chi connectivity index (χ0n) is 34.4. The molecule has 0 aliphatic carbocycles. The van der Waals surface area contributed by atoms with Crippen LogP contribution in [0.2, 0.25) is 0 Å². The van der Waals surface area contributed by atoms with Crippen LogP contribution in [0.4, 0.5) is 8.78 Å². The highest BCUT2D eigenvalue weighted by atomic mass is 19.1. The van der Waals surface area contributed by atoms with Gasteiger partial charge in [0.2, 0.25) is 0 Å². The molecular formula is C53H29F2N11. The summed E-state index contributed by atoms with van der Waals surface area (Å²) in [5.74, 6) is 0.471. The molecule has 0 spiro atoms. The van der Waals surface area contributed by atoms with Gasteiger partial charge in [0.15, 0.2) is 23.3 Å². The van der Waals surface area contributed by atoms with Crippen molar-refractivity contribution in [3.8, 4) is 74.1 Å². The van der Waals surface area contributed by atoms with Crippen LogP contribution in [0.5, 0.6) is 0 Å². The second-order valence-corrected chi connectivity index (χ2v) is 15.5. The predicted octanol–water partition coefficient (Wildman–Crippen LogP) is 11.5. The molecule has 6 heterocycles. The molecule has 0 bridgehead atoms. The van der Waals surface area contributed by atoms with E-state index in [4.69, 9.17) is 0 Å². The van der Waals surface area contributed by atoms with Gasteiger partial charge in [0.1, 0.15) is 23.3 Å². The SMILES string of the molecule is N#Cc1c(-n2c3cc(-c4ncccn4)ccc3c3ccc(-c4ncccn4)cc32)cc(-c2c(F)cccc2F)cc1-n1c2cc(-c3ncccn3)ccc2c2ccc(-c3ncccn3)cc21. The summed E-state index contributed by atoms with van der Waals surface area (Å²) in [4.78, 5) is 36.3. The minimum atomic E-state index is -0.764. The normalized spacial score (nSPS) is 11.5. The van der Waals surface area contributed by atoms with Crippen LogP contribution in [0.1, 0.15) is 5.56 Å². The van der Waals surface area contributed by atoms with Crippen LogP contribution in [0.3, 0.4) is 0 Å². The van der Waals surface area contributed by atoms with E-state index in [0.717, 1.165) is 43.8 Å². The largest absolute Gasteiger partial charge is 0.308 e. The molecule has 0 fully saturated rings. The molecule has 6 aromatic carbocycles. The van der Waals surface area contributed by atoms with Crippen molar-refractivity contribution in [2.45, 2.75) is 0 Å². The first kappa shape index (κ1) is 38.3. The molecule has 12 aromatic rings. The molecule has 0 amide bonds. The molecule has 12 rings (SSSR count). The van der Waals surface area contributed by atoms with Crippen molar-refractivity contribution >= 4 is 43.6 Å². The number of hydrogen-bond donors (Lipinski definition) is 0.